The Kier molecular flexibility index (Phi) is 12.4. The Morgan fingerprint density at radius 3 is 2.21 bits per heavy atom. The van der Waals surface area contributed by atoms with Crippen molar-refractivity contribution in [2.75, 3.05) is 65.9 Å². The van der Waals surface area contributed by atoms with Crippen molar-refractivity contribution in [1.29, 1.82) is 0 Å². The van der Waals surface area contributed by atoms with E-state index in [0.29, 0.717) is 76.8 Å². The monoisotopic (exact) mass is 618 g/mol. The van der Waals surface area contributed by atoms with Gasteiger partial charge in [-0.3, -0.25) is 14.4 Å². The highest BCUT2D eigenvalue weighted by molar-refractivity contribution is 7.15. The van der Waals surface area contributed by atoms with Crippen LogP contribution < -0.4 is 11.1 Å². The van der Waals surface area contributed by atoms with Crippen molar-refractivity contribution in [1.82, 2.24) is 20.1 Å². The van der Waals surface area contributed by atoms with Gasteiger partial charge in [0, 0.05) is 34.1 Å². The zero-order valence-corrected chi connectivity index (χ0v) is 25.9. The lowest BCUT2D eigenvalue weighted by molar-refractivity contribution is -0.121. The van der Waals surface area contributed by atoms with E-state index in [0.717, 1.165) is 33.2 Å². The number of nitrogens with zero attached hydrogens (tertiary/aromatic N) is 4. The molecule has 4 rings (SSSR count). The molecular formula is C29H39ClN6O5S. The molecule has 1 aliphatic rings. The minimum absolute atomic E-state index is 0.128. The number of carbonyl (C=O) groups excluding carboxylic acids is 1. The van der Waals surface area contributed by atoms with Crippen molar-refractivity contribution >= 4 is 34.6 Å². The van der Waals surface area contributed by atoms with Gasteiger partial charge >= 0.3 is 0 Å². The van der Waals surface area contributed by atoms with Gasteiger partial charge in [0.1, 0.15) is 16.9 Å². The highest BCUT2D eigenvalue weighted by atomic mass is 35.5. The molecule has 0 fully saturated rings. The van der Waals surface area contributed by atoms with E-state index in [9.17, 15) is 4.79 Å². The molecule has 228 valence electrons. The number of aromatic nitrogens is 3. The normalized spacial score (nSPS) is 14.3. The summed E-state index contributed by atoms with van der Waals surface area (Å²) in [4.78, 5) is 19.3. The summed E-state index contributed by atoms with van der Waals surface area (Å²) in [6.45, 7) is 10.8. The molecule has 0 saturated heterocycles. The number of amides is 1. The number of carbonyl (C=O) groups is 1. The van der Waals surface area contributed by atoms with E-state index < -0.39 is 6.04 Å². The number of hydrogen-bond acceptors (Lipinski definition) is 10. The second-order valence-corrected chi connectivity index (χ2v) is 11.3. The molecule has 0 spiro atoms. The molecular weight excluding hydrogens is 580 g/mol. The van der Waals surface area contributed by atoms with Crippen LogP contribution in [0.3, 0.4) is 0 Å². The fourth-order valence-corrected chi connectivity index (χ4v) is 5.83. The lowest BCUT2D eigenvalue weighted by atomic mass is 9.99. The van der Waals surface area contributed by atoms with Crippen molar-refractivity contribution in [2.45, 2.75) is 33.2 Å². The Morgan fingerprint density at radius 1 is 0.952 bits per heavy atom. The molecule has 2 aromatic heterocycles. The molecule has 3 heterocycles. The zero-order valence-electron chi connectivity index (χ0n) is 24.4. The van der Waals surface area contributed by atoms with E-state index in [-0.39, 0.29) is 12.3 Å². The highest BCUT2D eigenvalue weighted by Gasteiger charge is 2.32. The first-order valence-corrected chi connectivity index (χ1v) is 15.2. The fraction of sp³-hybridized carbons (Fsp3) is 0.517. The van der Waals surface area contributed by atoms with E-state index in [1.165, 1.54) is 4.88 Å². The van der Waals surface area contributed by atoms with Gasteiger partial charge in [0.15, 0.2) is 5.82 Å². The topological polar surface area (TPSA) is 135 Å². The van der Waals surface area contributed by atoms with E-state index in [2.05, 4.69) is 29.4 Å². The molecule has 0 bridgehead atoms. The van der Waals surface area contributed by atoms with Gasteiger partial charge in [-0.2, -0.15) is 0 Å². The van der Waals surface area contributed by atoms with Gasteiger partial charge in [0.2, 0.25) is 5.91 Å². The summed E-state index contributed by atoms with van der Waals surface area (Å²) >= 11 is 7.86. The number of nitrogens with two attached hydrogens (primary N) is 1. The summed E-state index contributed by atoms with van der Waals surface area (Å²) in [5, 5.41) is 13.4. The lowest BCUT2D eigenvalue weighted by Gasteiger charge is -2.13. The molecule has 0 aliphatic carbocycles. The highest BCUT2D eigenvalue weighted by Crippen LogP contribution is 2.39. The predicted octanol–water partition coefficient (Wildman–Crippen LogP) is 3.33. The maximum atomic E-state index is 13.0. The third kappa shape index (κ3) is 8.44. The number of ether oxygens (including phenoxy) is 4. The van der Waals surface area contributed by atoms with Gasteiger partial charge in [0.05, 0.1) is 65.0 Å². The largest absolute Gasteiger partial charge is 0.378 e. The standard InChI is InChI=1S/C29H39ClN6O5S/c1-19-20(2)42-29-26(19)27(22-4-6-23(30)7-5-22)33-24(28-35-34-21(3)36(28)29)18-25(37)32-9-11-39-13-15-41-17-16-40-14-12-38-10-8-31/h4-7,24H,8-18,31H2,1-3H3,(H,32,37)/t24-/m0/s1. The van der Waals surface area contributed by atoms with Gasteiger partial charge < -0.3 is 30.0 Å². The SMILES string of the molecule is Cc1sc2c(c1C)C(c1ccc(Cl)cc1)=N[C@@H](CC(=O)NCCOCCOCCOCCOCCN)c1nnc(C)n1-2. The van der Waals surface area contributed by atoms with Crippen LogP contribution in [-0.4, -0.2) is 92.3 Å². The first kappa shape index (κ1) is 32.2. The zero-order chi connectivity index (χ0) is 29.9. The van der Waals surface area contributed by atoms with Crippen molar-refractivity contribution in [3.63, 3.8) is 0 Å². The molecule has 3 N–H and O–H groups in total. The van der Waals surface area contributed by atoms with Crippen molar-refractivity contribution in [3.8, 4) is 5.00 Å². The van der Waals surface area contributed by atoms with Crippen LogP contribution in [0.4, 0.5) is 0 Å². The minimum Gasteiger partial charge on any atom is -0.378 e. The number of benzene rings is 1. The van der Waals surface area contributed by atoms with Gasteiger partial charge in [-0.1, -0.05) is 23.7 Å². The summed E-state index contributed by atoms with van der Waals surface area (Å²) in [5.74, 6) is 1.26. The number of aryl methyl sites for hydroxylation is 2. The van der Waals surface area contributed by atoms with E-state index in [1.807, 2.05) is 35.8 Å². The molecule has 0 saturated carbocycles. The van der Waals surface area contributed by atoms with Crippen molar-refractivity contribution in [2.24, 2.45) is 10.7 Å². The fourth-order valence-electron chi connectivity index (χ4n) is 4.49. The minimum atomic E-state index is -0.514. The van der Waals surface area contributed by atoms with E-state index in [1.54, 1.807) is 11.3 Å². The third-order valence-corrected chi connectivity index (χ3v) is 8.13. The molecule has 0 unspecified atom stereocenters. The maximum absolute atomic E-state index is 13.0. The summed E-state index contributed by atoms with van der Waals surface area (Å²) in [6.07, 6.45) is 0.128. The van der Waals surface area contributed by atoms with E-state index in [4.69, 9.17) is 41.3 Å². The summed E-state index contributed by atoms with van der Waals surface area (Å²) in [7, 11) is 0. The lowest BCUT2D eigenvalue weighted by Crippen LogP contribution is -2.29. The molecule has 1 amide bonds. The maximum Gasteiger partial charge on any atom is 0.222 e. The second kappa shape index (κ2) is 16.2. The molecule has 11 nitrogen and oxygen atoms in total. The quantitative estimate of drug-likeness (QED) is 0.220. The summed E-state index contributed by atoms with van der Waals surface area (Å²) in [6, 6.07) is 7.11. The Labute approximate surface area is 255 Å². The van der Waals surface area contributed by atoms with Crippen LogP contribution in [0, 0.1) is 20.8 Å². The Balaban J connectivity index is 1.30. The molecule has 3 aromatic rings. The van der Waals surface area contributed by atoms with Crippen LogP contribution in [0.1, 0.15) is 45.7 Å². The Morgan fingerprint density at radius 2 is 1.57 bits per heavy atom. The molecule has 1 atom stereocenters. The first-order chi connectivity index (χ1) is 20.4. The van der Waals surface area contributed by atoms with Gasteiger partial charge in [-0.25, -0.2) is 0 Å². The Bertz CT molecular complexity index is 1340. The number of aliphatic imine (C=N–C) groups is 1. The number of halogens is 1. The van der Waals surface area contributed by atoms with Gasteiger partial charge in [0.25, 0.3) is 0 Å². The van der Waals surface area contributed by atoms with Crippen LogP contribution in [0.25, 0.3) is 5.00 Å². The van der Waals surface area contributed by atoms with Crippen LogP contribution in [-0.2, 0) is 23.7 Å². The average Bonchev–Trinajstić information content (AvgIpc) is 3.45. The average molecular weight is 619 g/mol. The number of nitrogens with one attached hydrogen (secondary N) is 1. The summed E-state index contributed by atoms with van der Waals surface area (Å²) in [5.41, 5.74) is 9.29. The summed E-state index contributed by atoms with van der Waals surface area (Å²) < 4.78 is 23.8. The molecule has 42 heavy (non-hydrogen) atoms. The molecule has 1 aromatic carbocycles. The van der Waals surface area contributed by atoms with Crippen LogP contribution >= 0.6 is 22.9 Å². The number of rotatable bonds is 17. The number of thiophene rings is 1. The molecule has 13 heteroatoms. The van der Waals surface area contributed by atoms with Gasteiger partial charge in [-0.05, 0) is 38.5 Å². The Hall–Kier alpha value is -2.71. The number of fused-ring (bicyclic) bond motifs is 3. The smallest absolute Gasteiger partial charge is 0.222 e. The van der Waals surface area contributed by atoms with Crippen LogP contribution in [0.5, 0.6) is 0 Å². The number of hydrogen-bond donors (Lipinski definition) is 2. The second-order valence-electron chi connectivity index (χ2n) is 9.70. The molecule has 0 radical (unpaired) electrons. The molecule has 1 aliphatic heterocycles. The van der Waals surface area contributed by atoms with Crippen LogP contribution in [0.2, 0.25) is 5.02 Å². The van der Waals surface area contributed by atoms with E-state index >= 15 is 0 Å². The van der Waals surface area contributed by atoms with Crippen molar-refractivity contribution < 1.29 is 23.7 Å². The third-order valence-electron chi connectivity index (χ3n) is 6.68. The van der Waals surface area contributed by atoms with Gasteiger partial charge in [-0.15, -0.1) is 21.5 Å². The van der Waals surface area contributed by atoms with Crippen molar-refractivity contribution in [3.05, 3.63) is 62.5 Å². The first-order valence-electron chi connectivity index (χ1n) is 14.0. The predicted molar refractivity (Wildman–Crippen MR) is 163 cm³/mol. The van der Waals surface area contributed by atoms with Crippen LogP contribution in [0.15, 0.2) is 29.3 Å².